The third-order valence-electron chi connectivity index (χ3n) is 2.59. The van der Waals surface area contributed by atoms with E-state index in [1.165, 1.54) is 13.0 Å². The minimum Gasteiger partial charge on any atom is -0.360 e. The Labute approximate surface area is 125 Å². The molecule has 2 rings (SSSR count). The minimum absolute atomic E-state index is 0.180. The molecule has 0 saturated heterocycles. The zero-order valence-corrected chi connectivity index (χ0v) is 12.5. The number of carbonyl (C=O) groups is 1. The van der Waals surface area contributed by atoms with Crippen molar-refractivity contribution in [3.8, 4) is 0 Å². The maximum Gasteiger partial charge on any atom is 0.436 e. The third-order valence-corrected chi connectivity index (χ3v) is 3.54. The number of aryl methyl sites for hydroxylation is 1. The summed E-state index contributed by atoms with van der Waals surface area (Å²) in [5.74, 6) is 0.134. The highest BCUT2D eigenvalue weighted by molar-refractivity contribution is 9.10. The zero-order valence-electron chi connectivity index (χ0n) is 11.0. The smallest absolute Gasteiger partial charge is 0.360 e. The van der Waals surface area contributed by atoms with Crippen LogP contribution in [0.2, 0.25) is 0 Å². The van der Waals surface area contributed by atoms with Crippen LogP contribution in [0.3, 0.4) is 0 Å². The van der Waals surface area contributed by atoms with Crippen LogP contribution in [0, 0.1) is 13.8 Å². The van der Waals surface area contributed by atoms with Gasteiger partial charge in [0.1, 0.15) is 12.3 Å². The molecule has 0 radical (unpaired) electrons. The largest absolute Gasteiger partial charge is 0.436 e. The van der Waals surface area contributed by atoms with Crippen LogP contribution >= 0.6 is 15.9 Å². The molecular weight excluding hydrogens is 357 g/mol. The Hall–Kier alpha value is -1.84. The summed E-state index contributed by atoms with van der Waals surface area (Å²) in [5.41, 5.74) is -0.862. The number of aromatic nitrogens is 3. The SMILES string of the molecule is Cc1cc(NC(=O)Cn2nc(C(F)(F)F)c(Br)c2C)no1. The zero-order chi connectivity index (χ0) is 15.8. The second kappa shape index (κ2) is 5.51. The van der Waals surface area contributed by atoms with Crippen molar-refractivity contribution < 1.29 is 22.5 Å². The number of carbonyl (C=O) groups excluding carboxylic acids is 1. The molecule has 1 N–H and O–H groups in total. The normalized spacial score (nSPS) is 11.7. The molecule has 0 aliphatic rings. The van der Waals surface area contributed by atoms with Crippen LogP contribution < -0.4 is 5.32 Å². The quantitative estimate of drug-likeness (QED) is 0.906. The number of alkyl halides is 3. The molecule has 0 spiro atoms. The number of anilines is 1. The summed E-state index contributed by atoms with van der Waals surface area (Å²) in [7, 11) is 0. The number of hydrogen-bond donors (Lipinski definition) is 1. The van der Waals surface area contributed by atoms with E-state index in [9.17, 15) is 18.0 Å². The Kier molecular flexibility index (Phi) is 4.08. The summed E-state index contributed by atoms with van der Waals surface area (Å²) in [6.45, 7) is 2.71. The molecule has 6 nitrogen and oxygen atoms in total. The topological polar surface area (TPSA) is 73.0 Å². The monoisotopic (exact) mass is 366 g/mol. The fourth-order valence-electron chi connectivity index (χ4n) is 1.60. The van der Waals surface area contributed by atoms with Gasteiger partial charge in [-0.3, -0.25) is 9.48 Å². The maximum atomic E-state index is 12.7. The molecule has 2 aromatic rings. The lowest BCUT2D eigenvalue weighted by molar-refractivity contribution is -0.142. The van der Waals surface area contributed by atoms with E-state index in [-0.39, 0.29) is 22.5 Å². The molecule has 0 unspecified atom stereocenters. The van der Waals surface area contributed by atoms with Gasteiger partial charge in [-0.05, 0) is 29.8 Å². The fourth-order valence-corrected chi connectivity index (χ4v) is 2.11. The van der Waals surface area contributed by atoms with E-state index in [4.69, 9.17) is 4.52 Å². The minimum atomic E-state index is -4.59. The van der Waals surface area contributed by atoms with E-state index < -0.39 is 17.8 Å². The van der Waals surface area contributed by atoms with E-state index in [1.54, 1.807) is 6.92 Å². The number of amides is 1. The number of hydrogen-bond acceptors (Lipinski definition) is 4. The molecular formula is C11H10BrF3N4O2. The van der Waals surface area contributed by atoms with Crippen LogP contribution in [0.1, 0.15) is 17.1 Å². The van der Waals surface area contributed by atoms with Gasteiger partial charge < -0.3 is 9.84 Å². The predicted molar refractivity (Wildman–Crippen MR) is 69.5 cm³/mol. The standard InChI is InChI=1S/C11H10BrF3N4O2/c1-5-3-7(18-21-5)16-8(20)4-19-6(2)9(12)10(17-19)11(13,14)15/h3H,4H2,1-2H3,(H,16,18,20). The summed E-state index contributed by atoms with van der Waals surface area (Å²) < 4.78 is 43.7. The lowest BCUT2D eigenvalue weighted by atomic mass is 10.3. The second-order valence-electron chi connectivity index (χ2n) is 4.27. The van der Waals surface area contributed by atoms with Gasteiger partial charge in [-0.1, -0.05) is 5.16 Å². The third kappa shape index (κ3) is 3.43. The Balaban J connectivity index is 2.14. The van der Waals surface area contributed by atoms with Crippen LogP contribution in [-0.4, -0.2) is 20.8 Å². The number of halogens is 4. The highest BCUT2D eigenvalue weighted by Crippen LogP contribution is 2.35. The summed E-state index contributed by atoms with van der Waals surface area (Å²) in [4.78, 5) is 11.8. The fraction of sp³-hybridized carbons (Fsp3) is 0.364. The molecule has 0 bridgehead atoms. The lowest BCUT2D eigenvalue weighted by Gasteiger charge is -2.04. The molecule has 2 heterocycles. The Morgan fingerprint density at radius 2 is 2.14 bits per heavy atom. The van der Waals surface area contributed by atoms with Crippen molar-refractivity contribution in [2.24, 2.45) is 0 Å². The van der Waals surface area contributed by atoms with Crippen molar-refractivity contribution in [3.63, 3.8) is 0 Å². The molecule has 21 heavy (non-hydrogen) atoms. The van der Waals surface area contributed by atoms with E-state index in [0.29, 0.717) is 5.76 Å². The molecule has 2 aromatic heterocycles. The summed E-state index contributed by atoms with van der Waals surface area (Å²) >= 11 is 2.83. The molecule has 0 atom stereocenters. The lowest BCUT2D eigenvalue weighted by Crippen LogP contribution is -2.21. The molecule has 114 valence electrons. The van der Waals surface area contributed by atoms with Gasteiger partial charge in [0, 0.05) is 6.07 Å². The van der Waals surface area contributed by atoms with E-state index in [1.807, 2.05) is 0 Å². The molecule has 0 aliphatic carbocycles. The summed E-state index contributed by atoms with van der Waals surface area (Å²) in [5, 5.41) is 9.37. The van der Waals surface area contributed by atoms with Gasteiger partial charge in [0.15, 0.2) is 11.5 Å². The van der Waals surface area contributed by atoms with Crippen LogP contribution in [-0.2, 0) is 17.5 Å². The van der Waals surface area contributed by atoms with Crippen LogP contribution in [0.5, 0.6) is 0 Å². The average molecular weight is 367 g/mol. The molecule has 1 amide bonds. The van der Waals surface area contributed by atoms with Gasteiger partial charge in [-0.25, -0.2) is 0 Å². The highest BCUT2D eigenvalue weighted by atomic mass is 79.9. The van der Waals surface area contributed by atoms with E-state index >= 15 is 0 Å². The van der Waals surface area contributed by atoms with Gasteiger partial charge >= 0.3 is 6.18 Å². The van der Waals surface area contributed by atoms with Gasteiger partial charge in [0.2, 0.25) is 5.91 Å². The molecule has 0 aliphatic heterocycles. The van der Waals surface area contributed by atoms with Crippen molar-refractivity contribution in [2.75, 3.05) is 5.32 Å². The molecule has 10 heteroatoms. The molecule has 0 saturated carbocycles. The van der Waals surface area contributed by atoms with Crippen molar-refractivity contribution >= 4 is 27.7 Å². The maximum absolute atomic E-state index is 12.7. The van der Waals surface area contributed by atoms with Gasteiger partial charge in [0.05, 0.1) is 10.2 Å². The van der Waals surface area contributed by atoms with E-state index in [0.717, 1.165) is 4.68 Å². The van der Waals surface area contributed by atoms with Crippen molar-refractivity contribution in [1.82, 2.24) is 14.9 Å². The molecule has 0 aromatic carbocycles. The molecule has 0 fully saturated rings. The van der Waals surface area contributed by atoms with Crippen molar-refractivity contribution in [2.45, 2.75) is 26.6 Å². The first-order valence-electron chi connectivity index (χ1n) is 5.71. The number of nitrogens with zero attached hydrogens (tertiary/aromatic N) is 3. The summed E-state index contributed by atoms with van der Waals surface area (Å²) in [6.07, 6.45) is -4.59. The van der Waals surface area contributed by atoms with Crippen LogP contribution in [0.4, 0.5) is 19.0 Å². The number of nitrogens with one attached hydrogen (secondary N) is 1. The van der Waals surface area contributed by atoms with Gasteiger partial charge in [-0.15, -0.1) is 0 Å². The van der Waals surface area contributed by atoms with Gasteiger partial charge in [0.25, 0.3) is 0 Å². The van der Waals surface area contributed by atoms with Crippen LogP contribution in [0.25, 0.3) is 0 Å². The Bertz CT molecular complexity index is 678. The first-order chi connectivity index (χ1) is 9.68. The Morgan fingerprint density at radius 3 is 2.62 bits per heavy atom. The predicted octanol–water partition coefficient (Wildman–Crippen LogP) is 2.91. The van der Waals surface area contributed by atoms with E-state index in [2.05, 4.69) is 31.5 Å². The second-order valence-corrected chi connectivity index (χ2v) is 5.07. The van der Waals surface area contributed by atoms with Crippen molar-refractivity contribution in [1.29, 1.82) is 0 Å². The Morgan fingerprint density at radius 1 is 1.48 bits per heavy atom. The number of rotatable bonds is 3. The first kappa shape index (κ1) is 15.5. The average Bonchev–Trinajstić information content (AvgIpc) is 2.87. The first-order valence-corrected chi connectivity index (χ1v) is 6.51. The highest BCUT2D eigenvalue weighted by Gasteiger charge is 2.38. The van der Waals surface area contributed by atoms with Crippen LogP contribution in [0.15, 0.2) is 15.1 Å². The van der Waals surface area contributed by atoms with Crippen molar-refractivity contribution in [3.05, 3.63) is 27.7 Å². The summed E-state index contributed by atoms with van der Waals surface area (Å²) in [6, 6.07) is 1.49. The van der Waals surface area contributed by atoms with Gasteiger partial charge in [-0.2, -0.15) is 18.3 Å².